The second-order valence-electron chi connectivity index (χ2n) is 3.51. The van der Waals surface area contributed by atoms with Crippen LogP contribution >= 0.6 is 30.4 Å². The van der Waals surface area contributed by atoms with Crippen molar-refractivity contribution in [2.75, 3.05) is 0 Å². The fourth-order valence-electron chi connectivity index (χ4n) is 1.45. The number of allylic oxidation sites excluding steroid dienone is 5. The number of rotatable bonds is 7. The Morgan fingerprint density at radius 2 is 2.20 bits per heavy atom. The van der Waals surface area contributed by atoms with E-state index in [0.717, 1.165) is 6.42 Å². The average molecular weight is 338 g/mol. The molecule has 0 amide bonds. The monoisotopic (exact) mass is 338 g/mol. The maximum atomic E-state index is 5.45. The van der Waals surface area contributed by atoms with Crippen LogP contribution in [0.2, 0.25) is 0 Å². The molecule has 0 fully saturated rings. The number of hydrogen-bond donors (Lipinski definition) is 0. The van der Waals surface area contributed by atoms with Crippen molar-refractivity contribution in [3.05, 3.63) is 36.5 Å². The first-order valence-electron chi connectivity index (χ1n) is 5.05. The molecular formula is C12H19IOS. The normalized spacial score (nSPS) is 16.7. The summed E-state index contributed by atoms with van der Waals surface area (Å²) in [6.45, 7) is 10.1. The Morgan fingerprint density at radius 1 is 1.53 bits per heavy atom. The summed E-state index contributed by atoms with van der Waals surface area (Å²) in [4.78, 5) is 0. The van der Waals surface area contributed by atoms with E-state index in [2.05, 4.69) is 59.9 Å². The minimum Gasteiger partial charge on any atom is -0.302 e. The van der Waals surface area contributed by atoms with Crippen LogP contribution in [0.25, 0.3) is 0 Å². The molecule has 0 aromatic rings. The van der Waals surface area contributed by atoms with Gasteiger partial charge in [-0.1, -0.05) is 37.8 Å². The molecule has 0 aromatic heterocycles. The molecule has 1 nitrogen and oxygen atoms in total. The molecule has 2 unspecified atom stereocenters. The summed E-state index contributed by atoms with van der Waals surface area (Å²) in [6.07, 6.45) is 9.40. The lowest BCUT2D eigenvalue weighted by Crippen LogP contribution is -2.10. The van der Waals surface area contributed by atoms with Crippen molar-refractivity contribution in [3.63, 3.8) is 0 Å². The molecule has 0 aromatic carbocycles. The van der Waals surface area contributed by atoms with E-state index < -0.39 is 0 Å². The van der Waals surface area contributed by atoms with E-state index in [1.54, 1.807) is 0 Å². The summed E-state index contributed by atoms with van der Waals surface area (Å²) >= 11 is 2.15. The highest BCUT2D eigenvalue weighted by Crippen LogP contribution is 2.23. The van der Waals surface area contributed by atoms with Crippen LogP contribution in [0.15, 0.2) is 36.5 Å². The van der Waals surface area contributed by atoms with Crippen LogP contribution in [-0.2, 0) is 4.18 Å². The van der Waals surface area contributed by atoms with Gasteiger partial charge in [0.1, 0.15) is 0 Å². The maximum Gasteiger partial charge on any atom is 0.0709 e. The van der Waals surface area contributed by atoms with Gasteiger partial charge in [-0.05, 0) is 31.8 Å². The highest BCUT2D eigenvalue weighted by Gasteiger charge is 2.11. The van der Waals surface area contributed by atoms with Crippen molar-refractivity contribution in [1.82, 2.24) is 0 Å². The third-order valence-electron chi connectivity index (χ3n) is 2.12. The molecule has 0 N–H and O–H groups in total. The smallest absolute Gasteiger partial charge is 0.0709 e. The van der Waals surface area contributed by atoms with Crippen molar-refractivity contribution in [3.8, 4) is 0 Å². The molecule has 3 heteroatoms. The van der Waals surface area contributed by atoms with Crippen molar-refractivity contribution in [2.24, 2.45) is 5.92 Å². The van der Waals surface area contributed by atoms with Gasteiger partial charge in [0.15, 0.2) is 0 Å². The SMILES string of the molecule is C=C/C=C(\C=C/C)C(C)CC(C)OSI. The molecule has 0 bridgehead atoms. The van der Waals surface area contributed by atoms with Crippen LogP contribution in [0.5, 0.6) is 0 Å². The van der Waals surface area contributed by atoms with Crippen LogP contribution in [0.1, 0.15) is 27.2 Å². The maximum absolute atomic E-state index is 5.45. The van der Waals surface area contributed by atoms with Crippen LogP contribution < -0.4 is 0 Å². The van der Waals surface area contributed by atoms with Gasteiger partial charge in [0.25, 0.3) is 0 Å². The van der Waals surface area contributed by atoms with Crippen LogP contribution in [0.3, 0.4) is 0 Å². The second-order valence-corrected chi connectivity index (χ2v) is 4.91. The molecule has 0 saturated carbocycles. The van der Waals surface area contributed by atoms with Gasteiger partial charge >= 0.3 is 0 Å². The Hall–Kier alpha value is 0.260. The average Bonchev–Trinajstić information content (AvgIpc) is 2.17. The Labute approximate surface area is 110 Å². The zero-order valence-electron chi connectivity index (χ0n) is 9.57. The van der Waals surface area contributed by atoms with Gasteiger partial charge in [0, 0.05) is 21.2 Å². The lowest BCUT2D eigenvalue weighted by atomic mass is 9.94. The lowest BCUT2D eigenvalue weighted by Gasteiger charge is -2.17. The van der Waals surface area contributed by atoms with Gasteiger partial charge in [-0.3, -0.25) is 0 Å². The van der Waals surface area contributed by atoms with Crippen molar-refractivity contribution in [2.45, 2.75) is 33.3 Å². The Bertz CT molecular complexity index is 236. The molecule has 0 heterocycles. The summed E-state index contributed by atoms with van der Waals surface area (Å²) in [7, 11) is 1.40. The molecule has 2 atom stereocenters. The minimum atomic E-state index is 0.278. The molecule has 0 radical (unpaired) electrons. The number of halogens is 1. The summed E-state index contributed by atoms with van der Waals surface area (Å²) in [5.41, 5.74) is 1.31. The second kappa shape index (κ2) is 9.48. The molecule has 0 spiro atoms. The predicted molar refractivity (Wildman–Crippen MR) is 79.0 cm³/mol. The Balaban J connectivity index is 4.31. The fourth-order valence-corrected chi connectivity index (χ4v) is 2.71. The topological polar surface area (TPSA) is 9.23 Å². The van der Waals surface area contributed by atoms with Crippen molar-refractivity contribution >= 4 is 30.4 Å². The van der Waals surface area contributed by atoms with E-state index in [4.69, 9.17) is 4.18 Å². The van der Waals surface area contributed by atoms with E-state index in [0.29, 0.717) is 5.92 Å². The highest BCUT2D eigenvalue weighted by molar-refractivity contribution is 14.2. The minimum absolute atomic E-state index is 0.278. The molecule has 0 rings (SSSR count). The van der Waals surface area contributed by atoms with Gasteiger partial charge < -0.3 is 4.18 Å². The van der Waals surface area contributed by atoms with E-state index in [1.807, 2.05) is 13.0 Å². The fraction of sp³-hybridized carbons (Fsp3) is 0.500. The van der Waals surface area contributed by atoms with Crippen LogP contribution in [0, 0.1) is 5.92 Å². The first kappa shape index (κ1) is 15.3. The molecular weight excluding hydrogens is 319 g/mol. The number of hydrogen-bond acceptors (Lipinski definition) is 2. The first-order valence-corrected chi connectivity index (χ1v) is 8.33. The predicted octanol–water partition coefficient (Wildman–Crippen LogP) is 5.10. The van der Waals surface area contributed by atoms with E-state index in [1.165, 1.54) is 14.8 Å². The quantitative estimate of drug-likeness (QED) is 0.363. The van der Waals surface area contributed by atoms with E-state index in [-0.39, 0.29) is 6.10 Å². The van der Waals surface area contributed by atoms with Crippen LogP contribution in [-0.4, -0.2) is 6.10 Å². The summed E-state index contributed by atoms with van der Waals surface area (Å²) in [5.74, 6) is 0.498. The van der Waals surface area contributed by atoms with Gasteiger partial charge in [-0.15, -0.1) is 0 Å². The zero-order valence-corrected chi connectivity index (χ0v) is 12.5. The Morgan fingerprint density at radius 3 is 2.67 bits per heavy atom. The summed E-state index contributed by atoms with van der Waals surface area (Å²) in [5, 5.41) is 0. The lowest BCUT2D eigenvalue weighted by molar-refractivity contribution is 0.238. The highest BCUT2D eigenvalue weighted by atomic mass is 127. The Kier molecular flexibility index (Phi) is 9.65. The van der Waals surface area contributed by atoms with E-state index in [9.17, 15) is 0 Å². The molecule has 0 aliphatic heterocycles. The van der Waals surface area contributed by atoms with E-state index >= 15 is 0 Å². The summed E-state index contributed by atoms with van der Waals surface area (Å²) < 4.78 is 5.45. The molecule has 0 saturated heterocycles. The molecule has 15 heavy (non-hydrogen) atoms. The zero-order chi connectivity index (χ0) is 11.7. The van der Waals surface area contributed by atoms with Gasteiger partial charge in [0.05, 0.1) is 15.3 Å². The van der Waals surface area contributed by atoms with Crippen molar-refractivity contribution in [1.29, 1.82) is 0 Å². The molecule has 0 aliphatic rings. The summed E-state index contributed by atoms with van der Waals surface area (Å²) in [6, 6.07) is 0. The van der Waals surface area contributed by atoms with Crippen LogP contribution in [0.4, 0.5) is 0 Å². The van der Waals surface area contributed by atoms with Crippen molar-refractivity contribution < 1.29 is 4.18 Å². The van der Waals surface area contributed by atoms with Gasteiger partial charge in [-0.25, -0.2) is 0 Å². The standard InChI is InChI=1S/C12H19IOS/c1-5-7-12(8-6-2)10(3)9-11(4)14-15-13/h5-8,10-11H,1,9H2,2-4H3/b8-6-,12-7+. The largest absolute Gasteiger partial charge is 0.302 e. The molecule has 0 aliphatic carbocycles. The third kappa shape index (κ3) is 7.19. The third-order valence-corrected chi connectivity index (χ3v) is 3.15. The van der Waals surface area contributed by atoms with Gasteiger partial charge in [0.2, 0.25) is 0 Å². The molecule has 86 valence electrons. The first-order chi connectivity index (χ1) is 7.15. The van der Waals surface area contributed by atoms with Gasteiger partial charge in [-0.2, -0.15) is 0 Å².